The molecular weight excluding hydrogens is 186 g/mol. The van der Waals surface area contributed by atoms with E-state index < -0.39 is 0 Å². The molecule has 2 unspecified atom stereocenters. The van der Waals surface area contributed by atoms with Crippen molar-refractivity contribution in [3.8, 4) is 0 Å². The van der Waals surface area contributed by atoms with Crippen molar-refractivity contribution in [3.63, 3.8) is 0 Å². The molecule has 0 saturated heterocycles. The van der Waals surface area contributed by atoms with E-state index in [0.717, 1.165) is 24.1 Å². The Morgan fingerprint density at radius 1 is 1.33 bits per heavy atom. The van der Waals surface area contributed by atoms with Crippen LogP contribution in [0.3, 0.4) is 0 Å². The lowest BCUT2D eigenvalue weighted by Gasteiger charge is -2.28. The molecule has 0 spiro atoms. The number of hydrogen-bond acceptors (Lipinski definition) is 2. The van der Waals surface area contributed by atoms with E-state index >= 15 is 0 Å². The van der Waals surface area contributed by atoms with Crippen molar-refractivity contribution in [2.75, 3.05) is 5.32 Å². The van der Waals surface area contributed by atoms with Gasteiger partial charge in [-0.05, 0) is 31.9 Å². The number of carbonyl (C=O) groups is 1. The molecule has 78 valence electrons. The molecule has 1 saturated carbocycles. The van der Waals surface area contributed by atoms with Crippen molar-refractivity contribution >= 4 is 11.5 Å². The van der Waals surface area contributed by atoms with Crippen LogP contribution in [0.4, 0.5) is 5.69 Å². The average Bonchev–Trinajstić information content (AvgIpc) is 2.68. The van der Waals surface area contributed by atoms with Gasteiger partial charge >= 0.3 is 0 Å². The first-order chi connectivity index (χ1) is 7.25. The van der Waals surface area contributed by atoms with Crippen LogP contribution < -0.4 is 5.32 Å². The number of anilines is 1. The largest absolute Gasteiger partial charge is 0.381 e. The van der Waals surface area contributed by atoms with Crippen molar-refractivity contribution in [3.05, 3.63) is 29.3 Å². The first-order valence-corrected chi connectivity index (χ1v) is 5.67. The number of carbonyl (C=O) groups excluding carboxylic acids is 1. The standard InChI is InChI=1S/C13H15NO/c1-8-5-6-12-10(7-8)13(15)9-3-2-4-11(9)14-12/h5-7,9,11,14H,2-4H2,1H3. The Morgan fingerprint density at radius 2 is 2.20 bits per heavy atom. The van der Waals surface area contributed by atoms with Gasteiger partial charge in [0.25, 0.3) is 0 Å². The summed E-state index contributed by atoms with van der Waals surface area (Å²) in [6.07, 6.45) is 3.38. The lowest BCUT2D eigenvalue weighted by atomic mass is 9.87. The Kier molecular flexibility index (Phi) is 1.84. The summed E-state index contributed by atoms with van der Waals surface area (Å²) in [6, 6.07) is 6.51. The lowest BCUT2D eigenvalue weighted by Crippen LogP contribution is -2.35. The molecule has 1 aliphatic carbocycles. The number of ketones is 1. The monoisotopic (exact) mass is 201 g/mol. The normalized spacial score (nSPS) is 28.2. The number of benzene rings is 1. The molecule has 2 atom stereocenters. The highest BCUT2D eigenvalue weighted by Gasteiger charge is 2.38. The van der Waals surface area contributed by atoms with E-state index in [1.165, 1.54) is 12.0 Å². The third kappa shape index (κ3) is 1.28. The smallest absolute Gasteiger partial charge is 0.170 e. The molecule has 2 aliphatic rings. The lowest BCUT2D eigenvalue weighted by molar-refractivity contribution is 0.0911. The Hall–Kier alpha value is -1.31. The van der Waals surface area contributed by atoms with Crippen molar-refractivity contribution < 1.29 is 4.79 Å². The summed E-state index contributed by atoms with van der Waals surface area (Å²) >= 11 is 0. The molecule has 3 rings (SSSR count). The molecule has 0 amide bonds. The van der Waals surface area contributed by atoms with Crippen molar-refractivity contribution in [1.29, 1.82) is 0 Å². The zero-order valence-corrected chi connectivity index (χ0v) is 8.92. The minimum absolute atomic E-state index is 0.235. The number of Topliss-reactive ketones (excluding diaryl/α,β-unsaturated/α-hetero) is 1. The fourth-order valence-electron chi connectivity index (χ4n) is 2.83. The van der Waals surface area contributed by atoms with Gasteiger partial charge < -0.3 is 5.32 Å². The van der Waals surface area contributed by atoms with Crippen LogP contribution >= 0.6 is 0 Å². The SMILES string of the molecule is Cc1ccc2c(c1)C(=O)C1CCCC1N2. The molecule has 0 aromatic heterocycles. The maximum absolute atomic E-state index is 12.2. The Labute approximate surface area is 89.7 Å². The second kappa shape index (κ2) is 3.09. The fourth-order valence-corrected chi connectivity index (χ4v) is 2.83. The summed E-state index contributed by atoms with van der Waals surface area (Å²) < 4.78 is 0. The second-order valence-electron chi connectivity index (χ2n) is 4.70. The van der Waals surface area contributed by atoms with Gasteiger partial charge in [0.15, 0.2) is 5.78 Å². The van der Waals surface area contributed by atoms with Gasteiger partial charge in [-0.1, -0.05) is 18.1 Å². The molecule has 2 heteroatoms. The molecule has 0 radical (unpaired) electrons. The molecule has 1 heterocycles. The van der Waals surface area contributed by atoms with Crippen LogP contribution in [0.2, 0.25) is 0 Å². The van der Waals surface area contributed by atoms with Crippen LogP contribution in [0.15, 0.2) is 18.2 Å². The molecule has 0 bridgehead atoms. The highest BCUT2D eigenvalue weighted by Crippen LogP contribution is 2.37. The van der Waals surface area contributed by atoms with E-state index in [1.807, 2.05) is 19.1 Å². The van der Waals surface area contributed by atoms with E-state index in [9.17, 15) is 4.79 Å². The van der Waals surface area contributed by atoms with Crippen molar-refractivity contribution in [1.82, 2.24) is 0 Å². The van der Waals surface area contributed by atoms with Gasteiger partial charge in [0.05, 0.1) is 0 Å². The van der Waals surface area contributed by atoms with Gasteiger partial charge in [0.2, 0.25) is 0 Å². The van der Waals surface area contributed by atoms with Gasteiger partial charge in [-0.2, -0.15) is 0 Å². The zero-order valence-electron chi connectivity index (χ0n) is 8.92. The molecule has 15 heavy (non-hydrogen) atoms. The molecule has 1 aromatic carbocycles. The molecule has 1 aliphatic heterocycles. The van der Waals surface area contributed by atoms with Crippen LogP contribution in [-0.2, 0) is 0 Å². The number of fused-ring (bicyclic) bond motifs is 2. The first kappa shape index (κ1) is 8.96. The molecule has 2 nitrogen and oxygen atoms in total. The number of aryl methyl sites for hydroxylation is 1. The summed E-state index contributed by atoms with van der Waals surface area (Å²) in [5, 5.41) is 3.50. The van der Waals surface area contributed by atoms with E-state index in [0.29, 0.717) is 11.8 Å². The number of rotatable bonds is 0. The summed E-state index contributed by atoms with van der Waals surface area (Å²) in [7, 11) is 0. The minimum atomic E-state index is 0.235. The molecule has 1 fully saturated rings. The van der Waals surface area contributed by atoms with Crippen LogP contribution in [0, 0.1) is 12.8 Å². The predicted octanol–water partition coefficient (Wildman–Crippen LogP) is 2.77. The topological polar surface area (TPSA) is 29.1 Å². The number of nitrogens with one attached hydrogen (secondary N) is 1. The summed E-state index contributed by atoms with van der Waals surface area (Å²) in [4.78, 5) is 12.2. The summed E-state index contributed by atoms with van der Waals surface area (Å²) in [6.45, 7) is 2.04. The Morgan fingerprint density at radius 3 is 3.07 bits per heavy atom. The van der Waals surface area contributed by atoms with E-state index in [2.05, 4.69) is 11.4 Å². The maximum atomic E-state index is 12.2. The van der Waals surface area contributed by atoms with Gasteiger partial charge in [-0.25, -0.2) is 0 Å². The van der Waals surface area contributed by atoms with Crippen molar-refractivity contribution in [2.45, 2.75) is 32.2 Å². The fraction of sp³-hybridized carbons (Fsp3) is 0.462. The van der Waals surface area contributed by atoms with Crippen LogP contribution in [0.5, 0.6) is 0 Å². The second-order valence-corrected chi connectivity index (χ2v) is 4.70. The van der Waals surface area contributed by atoms with E-state index in [-0.39, 0.29) is 5.92 Å². The van der Waals surface area contributed by atoms with Gasteiger partial charge in [-0.3, -0.25) is 4.79 Å². The zero-order chi connectivity index (χ0) is 10.4. The third-order valence-corrected chi connectivity index (χ3v) is 3.63. The first-order valence-electron chi connectivity index (χ1n) is 5.67. The maximum Gasteiger partial charge on any atom is 0.170 e. The van der Waals surface area contributed by atoms with Crippen LogP contribution in [-0.4, -0.2) is 11.8 Å². The van der Waals surface area contributed by atoms with Crippen LogP contribution in [0.1, 0.15) is 35.2 Å². The average molecular weight is 201 g/mol. The van der Waals surface area contributed by atoms with E-state index in [1.54, 1.807) is 0 Å². The molecule has 1 aromatic rings. The highest BCUT2D eigenvalue weighted by molar-refractivity contribution is 6.05. The quantitative estimate of drug-likeness (QED) is 0.699. The van der Waals surface area contributed by atoms with Gasteiger partial charge in [0.1, 0.15) is 0 Å². The van der Waals surface area contributed by atoms with Gasteiger partial charge in [-0.15, -0.1) is 0 Å². The molecule has 1 N–H and O–H groups in total. The Bertz CT molecular complexity index is 425. The third-order valence-electron chi connectivity index (χ3n) is 3.63. The highest BCUT2D eigenvalue weighted by atomic mass is 16.1. The summed E-state index contributed by atoms with van der Waals surface area (Å²) in [5.41, 5.74) is 3.10. The number of hydrogen-bond donors (Lipinski definition) is 1. The minimum Gasteiger partial charge on any atom is -0.381 e. The Balaban J connectivity index is 2.09. The van der Waals surface area contributed by atoms with Crippen molar-refractivity contribution in [2.24, 2.45) is 5.92 Å². The summed E-state index contributed by atoms with van der Waals surface area (Å²) in [5.74, 6) is 0.592. The van der Waals surface area contributed by atoms with Crippen LogP contribution in [0.25, 0.3) is 0 Å². The molecular formula is C13H15NO. The predicted molar refractivity (Wildman–Crippen MR) is 60.3 cm³/mol. The van der Waals surface area contributed by atoms with E-state index in [4.69, 9.17) is 0 Å². The van der Waals surface area contributed by atoms with Gasteiger partial charge in [0, 0.05) is 23.2 Å².